The lowest BCUT2D eigenvalue weighted by atomic mass is 9.84. The number of fused-ring (bicyclic) bond motifs is 3. The first-order chi connectivity index (χ1) is 16.6. The Hall–Kier alpha value is -3.35. The van der Waals surface area contributed by atoms with E-state index in [1.807, 2.05) is 45.0 Å². The molecular formula is C28H34N2O5. The van der Waals surface area contributed by atoms with Gasteiger partial charge in [0.1, 0.15) is 13.2 Å². The van der Waals surface area contributed by atoms with E-state index in [2.05, 4.69) is 29.6 Å². The van der Waals surface area contributed by atoms with Gasteiger partial charge in [0.15, 0.2) is 0 Å². The van der Waals surface area contributed by atoms with Crippen molar-refractivity contribution in [3.63, 3.8) is 0 Å². The number of alkyl carbamates (subject to hydrolysis) is 1. The third-order valence-electron chi connectivity index (χ3n) is 7.06. The van der Waals surface area contributed by atoms with Crippen LogP contribution in [0.3, 0.4) is 0 Å². The first-order valence-corrected chi connectivity index (χ1v) is 12.3. The summed E-state index contributed by atoms with van der Waals surface area (Å²) in [6, 6.07) is 16.2. The zero-order chi connectivity index (χ0) is 25.2. The number of hydrogen-bond donors (Lipinski definition) is 2. The van der Waals surface area contributed by atoms with Gasteiger partial charge in [0.2, 0.25) is 5.91 Å². The molecule has 0 heterocycles. The van der Waals surface area contributed by atoms with Gasteiger partial charge in [0.05, 0.1) is 0 Å². The van der Waals surface area contributed by atoms with Crippen molar-refractivity contribution in [1.82, 2.24) is 10.2 Å². The molecule has 2 N–H and O–H groups in total. The quantitative estimate of drug-likeness (QED) is 0.622. The number of rotatable bonds is 6. The lowest BCUT2D eigenvalue weighted by molar-refractivity contribution is -0.151. The molecule has 35 heavy (non-hydrogen) atoms. The van der Waals surface area contributed by atoms with E-state index in [-0.39, 0.29) is 36.9 Å². The molecule has 186 valence electrons. The van der Waals surface area contributed by atoms with Crippen LogP contribution in [-0.2, 0) is 14.3 Å². The minimum Gasteiger partial charge on any atom is -0.480 e. The Morgan fingerprint density at radius 3 is 2.17 bits per heavy atom. The van der Waals surface area contributed by atoms with E-state index < -0.39 is 17.6 Å². The Kier molecular flexibility index (Phi) is 7.15. The van der Waals surface area contributed by atoms with Crippen molar-refractivity contribution in [2.75, 3.05) is 13.2 Å². The SMILES string of the molecule is CC(C)(C)N(CC(=O)O)C(=O)C1CCCC(NC(=O)OCC2c3ccccc3-c3ccccc32)C1. The molecular weight excluding hydrogens is 444 g/mol. The van der Waals surface area contributed by atoms with Gasteiger partial charge in [-0.05, 0) is 62.3 Å². The molecule has 2 aliphatic carbocycles. The molecule has 1 fully saturated rings. The molecule has 2 unspecified atom stereocenters. The van der Waals surface area contributed by atoms with Crippen LogP contribution in [0.1, 0.15) is 63.5 Å². The highest BCUT2D eigenvalue weighted by atomic mass is 16.5. The topological polar surface area (TPSA) is 95.9 Å². The number of carboxylic acid groups (broad SMARTS) is 1. The van der Waals surface area contributed by atoms with Crippen molar-refractivity contribution >= 4 is 18.0 Å². The Bertz CT molecular complexity index is 1060. The van der Waals surface area contributed by atoms with Crippen LogP contribution < -0.4 is 5.32 Å². The zero-order valence-electron chi connectivity index (χ0n) is 20.6. The largest absolute Gasteiger partial charge is 0.480 e. The van der Waals surface area contributed by atoms with Gasteiger partial charge in [-0.15, -0.1) is 0 Å². The summed E-state index contributed by atoms with van der Waals surface area (Å²) in [6.07, 6.45) is 2.24. The molecule has 0 aromatic heterocycles. The molecule has 2 aliphatic rings. The van der Waals surface area contributed by atoms with Crippen LogP contribution in [0.15, 0.2) is 48.5 Å². The van der Waals surface area contributed by atoms with E-state index in [1.165, 1.54) is 16.0 Å². The minimum absolute atomic E-state index is 0.00908. The smallest absolute Gasteiger partial charge is 0.407 e. The molecule has 2 aromatic rings. The lowest BCUT2D eigenvalue weighted by Gasteiger charge is -2.39. The second kappa shape index (κ2) is 10.1. The molecule has 2 amide bonds. The second-order valence-electron chi connectivity index (χ2n) is 10.5. The molecule has 1 saturated carbocycles. The number of nitrogens with one attached hydrogen (secondary N) is 1. The van der Waals surface area contributed by atoms with Crippen LogP contribution in [0.2, 0.25) is 0 Å². The van der Waals surface area contributed by atoms with Gasteiger partial charge in [-0.1, -0.05) is 55.0 Å². The number of aliphatic carboxylic acids is 1. The summed E-state index contributed by atoms with van der Waals surface area (Å²) in [6.45, 7) is 5.42. The minimum atomic E-state index is -1.03. The van der Waals surface area contributed by atoms with Crippen molar-refractivity contribution in [3.8, 4) is 11.1 Å². The van der Waals surface area contributed by atoms with E-state index in [0.29, 0.717) is 12.8 Å². The second-order valence-corrected chi connectivity index (χ2v) is 10.5. The number of ether oxygens (including phenoxy) is 1. The first kappa shape index (κ1) is 24.8. The highest BCUT2D eigenvalue weighted by Crippen LogP contribution is 2.44. The van der Waals surface area contributed by atoms with E-state index in [1.54, 1.807) is 0 Å². The third-order valence-corrected chi connectivity index (χ3v) is 7.06. The fraction of sp³-hybridized carbons (Fsp3) is 0.464. The maximum absolute atomic E-state index is 13.2. The fourth-order valence-corrected chi connectivity index (χ4v) is 5.35. The van der Waals surface area contributed by atoms with Crippen molar-refractivity contribution in [2.24, 2.45) is 5.92 Å². The monoisotopic (exact) mass is 478 g/mol. The van der Waals surface area contributed by atoms with Gasteiger partial charge in [0, 0.05) is 23.4 Å². The number of carboxylic acids is 1. The summed E-state index contributed by atoms with van der Waals surface area (Å²) in [5.41, 5.74) is 4.07. The Balaban J connectivity index is 1.36. The number of nitrogens with zero attached hydrogens (tertiary/aromatic N) is 1. The number of amides is 2. The summed E-state index contributed by atoms with van der Waals surface area (Å²) in [5, 5.41) is 12.2. The molecule has 2 atom stereocenters. The molecule has 0 radical (unpaired) electrons. The van der Waals surface area contributed by atoms with Crippen LogP contribution in [0.4, 0.5) is 4.79 Å². The molecule has 0 saturated heterocycles. The van der Waals surface area contributed by atoms with Crippen molar-refractivity contribution in [2.45, 2.75) is 64.0 Å². The normalized spacial score (nSPS) is 19.4. The number of hydrogen-bond acceptors (Lipinski definition) is 4. The number of carbonyl (C=O) groups excluding carboxylic acids is 2. The third kappa shape index (κ3) is 5.50. The molecule has 0 aliphatic heterocycles. The molecule has 7 nitrogen and oxygen atoms in total. The maximum atomic E-state index is 13.2. The van der Waals surface area contributed by atoms with Crippen LogP contribution in [0, 0.1) is 5.92 Å². The first-order valence-electron chi connectivity index (χ1n) is 12.3. The predicted molar refractivity (Wildman–Crippen MR) is 133 cm³/mol. The van der Waals surface area contributed by atoms with Gasteiger partial charge in [0.25, 0.3) is 0 Å². The maximum Gasteiger partial charge on any atom is 0.407 e. The average molecular weight is 479 g/mol. The standard InChI is InChI=1S/C28H34N2O5/c1-28(2,3)30(16-25(31)32)26(33)18-9-8-10-19(15-18)29-27(34)35-17-24-22-13-6-4-11-20(22)21-12-5-7-14-23(21)24/h4-7,11-14,18-19,24H,8-10,15-17H2,1-3H3,(H,29,34)(H,31,32). The highest BCUT2D eigenvalue weighted by Gasteiger charge is 2.36. The van der Waals surface area contributed by atoms with Crippen LogP contribution in [0.5, 0.6) is 0 Å². The Labute approximate surface area is 206 Å². The molecule has 4 rings (SSSR count). The van der Waals surface area contributed by atoms with Gasteiger partial charge >= 0.3 is 12.1 Å². The van der Waals surface area contributed by atoms with Gasteiger partial charge in [-0.25, -0.2) is 4.79 Å². The lowest BCUT2D eigenvalue weighted by Crippen LogP contribution is -2.52. The van der Waals surface area contributed by atoms with E-state index in [4.69, 9.17) is 4.74 Å². The van der Waals surface area contributed by atoms with Gasteiger partial charge in [-0.2, -0.15) is 0 Å². The van der Waals surface area contributed by atoms with Crippen LogP contribution in [-0.4, -0.2) is 52.7 Å². The van der Waals surface area contributed by atoms with Crippen molar-refractivity contribution in [3.05, 3.63) is 59.7 Å². The summed E-state index contributed by atoms with van der Waals surface area (Å²) in [4.78, 5) is 38.6. The van der Waals surface area contributed by atoms with Gasteiger partial charge in [-0.3, -0.25) is 9.59 Å². The van der Waals surface area contributed by atoms with Crippen molar-refractivity contribution < 1.29 is 24.2 Å². The summed E-state index contributed by atoms with van der Waals surface area (Å²) >= 11 is 0. The van der Waals surface area contributed by atoms with Crippen LogP contribution in [0.25, 0.3) is 11.1 Å². The summed E-state index contributed by atoms with van der Waals surface area (Å²) < 4.78 is 5.67. The average Bonchev–Trinajstić information content (AvgIpc) is 3.14. The van der Waals surface area contributed by atoms with Crippen molar-refractivity contribution in [1.29, 1.82) is 0 Å². The fourth-order valence-electron chi connectivity index (χ4n) is 5.35. The van der Waals surface area contributed by atoms with E-state index >= 15 is 0 Å². The number of carbonyl (C=O) groups is 3. The van der Waals surface area contributed by atoms with Gasteiger partial charge < -0.3 is 20.1 Å². The molecule has 0 spiro atoms. The zero-order valence-corrected chi connectivity index (χ0v) is 20.6. The molecule has 2 aromatic carbocycles. The predicted octanol–water partition coefficient (Wildman–Crippen LogP) is 4.80. The molecule has 0 bridgehead atoms. The Morgan fingerprint density at radius 1 is 1.00 bits per heavy atom. The number of benzene rings is 2. The molecule has 7 heteroatoms. The summed E-state index contributed by atoms with van der Waals surface area (Å²) in [7, 11) is 0. The van der Waals surface area contributed by atoms with E-state index in [0.717, 1.165) is 24.0 Å². The van der Waals surface area contributed by atoms with E-state index in [9.17, 15) is 19.5 Å². The van der Waals surface area contributed by atoms with Crippen LogP contribution >= 0.6 is 0 Å². The highest BCUT2D eigenvalue weighted by molar-refractivity contribution is 5.84. The Morgan fingerprint density at radius 2 is 1.60 bits per heavy atom. The summed E-state index contributed by atoms with van der Waals surface area (Å²) in [5.74, 6) is -1.53.